The highest BCUT2D eigenvalue weighted by Gasteiger charge is 2.33. The lowest BCUT2D eigenvalue weighted by Crippen LogP contribution is -2.49. The minimum atomic E-state index is -0.629. The Balaban J connectivity index is 1.52. The maximum atomic E-state index is 13.4. The van der Waals surface area contributed by atoms with Crippen molar-refractivity contribution < 1.29 is 9.59 Å². The SMILES string of the molecule is Cc1c(-c2ccc(NC(=O)[C@@H](NC(=O)c3ccnn3C)C3CCC(C)CC3)cc2)ccc(=O)n1C. The van der Waals surface area contributed by atoms with Gasteiger partial charge in [0.05, 0.1) is 0 Å². The number of anilines is 1. The molecule has 1 atom stereocenters. The second-order valence-electron chi connectivity index (χ2n) is 9.61. The molecular formula is C27H33N5O3. The Bertz CT molecular complexity index is 1270. The summed E-state index contributed by atoms with van der Waals surface area (Å²) in [6, 6.07) is 11.9. The molecule has 1 saturated carbocycles. The zero-order chi connectivity index (χ0) is 25.1. The molecule has 1 aromatic carbocycles. The summed E-state index contributed by atoms with van der Waals surface area (Å²) in [4.78, 5) is 38.2. The van der Waals surface area contributed by atoms with Gasteiger partial charge in [-0.1, -0.05) is 31.9 Å². The first-order valence-electron chi connectivity index (χ1n) is 12.1. The number of amides is 2. The fourth-order valence-electron chi connectivity index (χ4n) is 4.82. The normalized spacial score (nSPS) is 18.6. The number of aromatic nitrogens is 3. The van der Waals surface area contributed by atoms with Gasteiger partial charge < -0.3 is 15.2 Å². The van der Waals surface area contributed by atoms with Gasteiger partial charge in [0.1, 0.15) is 11.7 Å². The Hall–Kier alpha value is -3.68. The van der Waals surface area contributed by atoms with Crippen molar-refractivity contribution >= 4 is 17.5 Å². The molecule has 4 rings (SSSR count). The third-order valence-electron chi connectivity index (χ3n) is 7.23. The van der Waals surface area contributed by atoms with Crippen molar-refractivity contribution in [1.29, 1.82) is 0 Å². The number of hydrogen-bond acceptors (Lipinski definition) is 4. The van der Waals surface area contributed by atoms with Crippen molar-refractivity contribution in [3.05, 3.63) is 70.4 Å². The molecule has 1 aliphatic rings. The first kappa shape index (κ1) is 24.4. The van der Waals surface area contributed by atoms with Crippen LogP contribution in [0.1, 0.15) is 48.8 Å². The van der Waals surface area contributed by atoms with E-state index in [0.717, 1.165) is 42.5 Å². The first-order valence-corrected chi connectivity index (χ1v) is 12.1. The summed E-state index contributed by atoms with van der Waals surface area (Å²) in [5.74, 6) is 0.197. The Morgan fingerprint density at radius 3 is 2.31 bits per heavy atom. The highest BCUT2D eigenvalue weighted by Crippen LogP contribution is 2.31. The molecule has 35 heavy (non-hydrogen) atoms. The molecule has 0 aliphatic heterocycles. The Kier molecular flexibility index (Phi) is 7.19. The molecule has 0 radical (unpaired) electrons. The second kappa shape index (κ2) is 10.3. The van der Waals surface area contributed by atoms with Crippen molar-refractivity contribution in [2.24, 2.45) is 25.9 Å². The number of carbonyl (C=O) groups is 2. The quantitative estimate of drug-likeness (QED) is 0.569. The van der Waals surface area contributed by atoms with Gasteiger partial charge in [-0.3, -0.25) is 19.1 Å². The van der Waals surface area contributed by atoms with E-state index in [0.29, 0.717) is 17.3 Å². The van der Waals surface area contributed by atoms with Crippen LogP contribution in [0.5, 0.6) is 0 Å². The lowest BCUT2D eigenvalue weighted by atomic mass is 9.79. The van der Waals surface area contributed by atoms with Gasteiger partial charge in [-0.05, 0) is 61.4 Å². The van der Waals surface area contributed by atoms with Crippen LogP contribution in [0.4, 0.5) is 5.69 Å². The molecule has 2 heterocycles. The molecule has 0 unspecified atom stereocenters. The van der Waals surface area contributed by atoms with Crippen molar-refractivity contribution in [2.75, 3.05) is 5.32 Å². The molecule has 8 nitrogen and oxygen atoms in total. The molecule has 1 fully saturated rings. The zero-order valence-corrected chi connectivity index (χ0v) is 20.7. The largest absolute Gasteiger partial charge is 0.339 e. The summed E-state index contributed by atoms with van der Waals surface area (Å²) in [5.41, 5.74) is 3.82. The van der Waals surface area contributed by atoms with Crippen LogP contribution in [0.15, 0.2) is 53.5 Å². The van der Waals surface area contributed by atoms with Gasteiger partial charge in [-0.15, -0.1) is 0 Å². The van der Waals surface area contributed by atoms with Gasteiger partial charge in [0.25, 0.3) is 5.91 Å². The predicted octanol–water partition coefficient (Wildman–Crippen LogP) is 3.66. The van der Waals surface area contributed by atoms with Crippen molar-refractivity contribution in [3.63, 3.8) is 0 Å². The lowest BCUT2D eigenvalue weighted by molar-refractivity contribution is -0.119. The minimum Gasteiger partial charge on any atom is -0.339 e. The molecule has 2 N–H and O–H groups in total. The average molecular weight is 476 g/mol. The Labute approximate surface area is 205 Å². The number of carbonyl (C=O) groups excluding carboxylic acids is 2. The molecule has 184 valence electrons. The molecule has 0 bridgehead atoms. The summed E-state index contributed by atoms with van der Waals surface area (Å²) in [7, 11) is 3.46. The zero-order valence-electron chi connectivity index (χ0n) is 20.7. The monoisotopic (exact) mass is 475 g/mol. The summed E-state index contributed by atoms with van der Waals surface area (Å²) < 4.78 is 3.12. The molecule has 0 saturated heterocycles. The number of hydrogen-bond donors (Lipinski definition) is 2. The predicted molar refractivity (Wildman–Crippen MR) is 136 cm³/mol. The minimum absolute atomic E-state index is 0.0496. The molecule has 0 spiro atoms. The molecular weight excluding hydrogens is 442 g/mol. The van der Waals surface area contributed by atoms with Gasteiger partial charge in [0.15, 0.2) is 0 Å². The van der Waals surface area contributed by atoms with E-state index >= 15 is 0 Å². The van der Waals surface area contributed by atoms with E-state index in [4.69, 9.17) is 0 Å². The Morgan fingerprint density at radius 1 is 1.00 bits per heavy atom. The molecule has 8 heteroatoms. The van der Waals surface area contributed by atoms with Gasteiger partial charge in [-0.2, -0.15) is 5.10 Å². The van der Waals surface area contributed by atoms with Crippen LogP contribution >= 0.6 is 0 Å². The fraction of sp³-hybridized carbons (Fsp3) is 0.407. The van der Waals surface area contributed by atoms with Crippen molar-refractivity contribution in [3.8, 4) is 11.1 Å². The highest BCUT2D eigenvalue weighted by atomic mass is 16.2. The number of nitrogens with one attached hydrogen (secondary N) is 2. The third kappa shape index (κ3) is 5.37. The Morgan fingerprint density at radius 2 is 1.69 bits per heavy atom. The van der Waals surface area contributed by atoms with Gasteiger partial charge in [0, 0.05) is 43.3 Å². The van der Waals surface area contributed by atoms with Crippen molar-refractivity contribution in [1.82, 2.24) is 19.7 Å². The second-order valence-corrected chi connectivity index (χ2v) is 9.61. The van der Waals surface area contributed by atoms with E-state index < -0.39 is 6.04 Å². The smallest absolute Gasteiger partial charge is 0.270 e. The van der Waals surface area contributed by atoms with Gasteiger partial charge >= 0.3 is 0 Å². The number of benzene rings is 1. The van der Waals surface area contributed by atoms with Crippen LogP contribution in [-0.4, -0.2) is 32.2 Å². The molecule has 3 aromatic rings. The first-order chi connectivity index (χ1) is 16.7. The maximum absolute atomic E-state index is 13.4. The van der Waals surface area contributed by atoms with Crippen LogP contribution in [0, 0.1) is 18.8 Å². The fourth-order valence-corrected chi connectivity index (χ4v) is 4.82. The number of pyridine rings is 1. The van der Waals surface area contributed by atoms with Crippen LogP contribution in [0.2, 0.25) is 0 Å². The summed E-state index contributed by atoms with van der Waals surface area (Å²) in [5, 5.41) is 10.0. The van der Waals surface area contributed by atoms with Crippen molar-refractivity contribution in [2.45, 2.75) is 45.6 Å². The lowest BCUT2D eigenvalue weighted by Gasteiger charge is -2.32. The van der Waals surface area contributed by atoms with E-state index in [9.17, 15) is 14.4 Å². The third-order valence-corrected chi connectivity index (χ3v) is 7.23. The number of aryl methyl sites for hydroxylation is 1. The van der Waals surface area contributed by atoms with E-state index in [1.807, 2.05) is 37.3 Å². The summed E-state index contributed by atoms with van der Waals surface area (Å²) >= 11 is 0. The van der Waals surface area contributed by atoms with E-state index in [-0.39, 0.29) is 23.3 Å². The molecule has 2 aromatic heterocycles. The number of rotatable bonds is 6. The maximum Gasteiger partial charge on any atom is 0.270 e. The highest BCUT2D eigenvalue weighted by molar-refractivity contribution is 6.00. The van der Waals surface area contributed by atoms with E-state index in [1.54, 1.807) is 37.0 Å². The molecule has 2 amide bonds. The topological polar surface area (TPSA) is 98.0 Å². The standard InChI is InChI=1S/C27H33N5O3/c1-17-5-7-20(8-6-17)25(30-26(34)23-15-16-28-32(23)4)27(35)29-21-11-9-19(10-12-21)22-13-14-24(33)31(3)18(22)2/h9-17,20,25H,5-8H2,1-4H3,(H,29,35)(H,30,34)/t17?,20?,25-/m0/s1. The molecule has 1 aliphatic carbocycles. The van der Waals surface area contributed by atoms with Crippen LogP contribution in [0.25, 0.3) is 11.1 Å². The summed E-state index contributed by atoms with van der Waals surface area (Å²) in [6.07, 6.45) is 5.46. The van der Waals surface area contributed by atoms with Crippen LogP contribution < -0.4 is 16.2 Å². The van der Waals surface area contributed by atoms with Crippen LogP contribution in [0.3, 0.4) is 0 Å². The van der Waals surface area contributed by atoms with Crippen LogP contribution in [-0.2, 0) is 18.9 Å². The average Bonchev–Trinajstić information content (AvgIpc) is 3.28. The number of nitrogens with zero attached hydrogens (tertiary/aromatic N) is 3. The summed E-state index contributed by atoms with van der Waals surface area (Å²) in [6.45, 7) is 4.14. The van der Waals surface area contributed by atoms with E-state index in [1.165, 1.54) is 4.68 Å². The van der Waals surface area contributed by atoms with Gasteiger partial charge in [-0.25, -0.2) is 0 Å². The van der Waals surface area contributed by atoms with E-state index in [2.05, 4.69) is 22.7 Å². The van der Waals surface area contributed by atoms with Gasteiger partial charge in [0.2, 0.25) is 11.5 Å².